The third-order valence-electron chi connectivity index (χ3n) is 5.15. The fraction of sp³-hybridized carbons (Fsp3) is 0.500. The first-order valence-electron chi connectivity index (χ1n) is 8.23. The van der Waals surface area contributed by atoms with E-state index in [-0.39, 0.29) is 23.3 Å². The van der Waals surface area contributed by atoms with Crippen molar-refractivity contribution in [1.29, 1.82) is 5.26 Å². The SMILES string of the molecule is CC1(C)Cc2c(sc(N3C(=O)C4CC=C(Cl)CC4C3=O)c2C#N)CO1. The number of imide groups is 1. The van der Waals surface area contributed by atoms with E-state index >= 15 is 0 Å². The summed E-state index contributed by atoms with van der Waals surface area (Å²) in [5.74, 6) is -1.24. The van der Waals surface area contributed by atoms with Crippen LogP contribution in [0.15, 0.2) is 11.1 Å². The first-order valence-corrected chi connectivity index (χ1v) is 9.43. The maximum atomic E-state index is 12.9. The van der Waals surface area contributed by atoms with Gasteiger partial charge in [0.2, 0.25) is 11.8 Å². The molecule has 0 spiro atoms. The Morgan fingerprint density at radius 1 is 1.36 bits per heavy atom. The molecule has 0 saturated carbocycles. The summed E-state index contributed by atoms with van der Waals surface area (Å²) >= 11 is 7.40. The molecule has 1 aliphatic carbocycles. The van der Waals surface area contributed by atoms with Crippen LogP contribution in [-0.4, -0.2) is 17.4 Å². The van der Waals surface area contributed by atoms with Gasteiger partial charge in [-0.1, -0.05) is 17.7 Å². The molecule has 0 radical (unpaired) electrons. The van der Waals surface area contributed by atoms with E-state index in [0.717, 1.165) is 10.4 Å². The number of hydrogen-bond donors (Lipinski definition) is 0. The Hall–Kier alpha value is -1.68. The van der Waals surface area contributed by atoms with E-state index in [1.807, 2.05) is 19.9 Å². The molecule has 1 saturated heterocycles. The van der Waals surface area contributed by atoms with Gasteiger partial charge in [0.15, 0.2) is 0 Å². The molecule has 2 aliphatic heterocycles. The molecule has 0 N–H and O–H groups in total. The standard InChI is InChI=1S/C18H17ClN2O3S/c1-18(2)6-12-13(7-20)17(25-14(12)8-24-18)21-15(22)10-4-3-9(19)5-11(10)16(21)23/h3,10-11H,4-6,8H2,1-2H3. The van der Waals surface area contributed by atoms with Crippen LogP contribution in [0.3, 0.4) is 0 Å². The molecule has 5 nitrogen and oxygen atoms in total. The molecule has 130 valence electrons. The van der Waals surface area contributed by atoms with Gasteiger partial charge >= 0.3 is 0 Å². The molecule has 2 unspecified atom stereocenters. The Morgan fingerprint density at radius 3 is 2.80 bits per heavy atom. The third-order valence-corrected chi connectivity index (χ3v) is 6.65. The minimum Gasteiger partial charge on any atom is -0.370 e. The number of allylic oxidation sites excluding steroid dienone is 2. The normalized spacial score (nSPS) is 27.6. The Morgan fingerprint density at radius 2 is 2.08 bits per heavy atom. The van der Waals surface area contributed by atoms with E-state index in [4.69, 9.17) is 16.3 Å². The molecule has 25 heavy (non-hydrogen) atoms. The maximum absolute atomic E-state index is 12.9. The highest BCUT2D eigenvalue weighted by Crippen LogP contribution is 2.47. The number of carbonyl (C=O) groups excluding carboxylic acids is 2. The van der Waals surface area contributed by atoms with Crippen molar-refractivity contribution in [1.82, 2.24) is 0 Å². The number of halogens is 1. The predicted molar refractivity (Wildman–Crippen MR) is 94.2 cm³/mol. The number of nitrogens with zero attached hydrogens (tertiary/aromatic N) is 2. The van der Waals surface area contributed by atoms with Crippen molar-refractivity contribution >= 4 is 39.8 Å². The van der Waals surface area contributed by atoms with Crippen molar-refractivity contribution in [3.8, 4) is 6.07 Å². The zero-order chi connectivity index (χ0) is 17.9. The van der Waals surface area contributed by atoms with Gasteiger partial charge in [0.25, 0.3) is 0 Å². The van der Waals surface area contributed by atoms with Crippen LogP contribution in [-0.2, 0) is 27.4 Å². The third kappa shape index (κ3) is 2.53. The highest BCUT2D eigenvalue weighted by molar-refractivity contribution is 7.17. The lowest BCUT2D eigenvalue weighted by Crippen LogP contribution is -2.32. The lowest BCUT2D eigenvalue weighted by molar-refractivity contribution is -0.122. The smallest absolute Gasteiger partial charge is 0.238 e. The average Bonchev–Trinajstić information content (AvgIpc) is 3.01. The average molecular weight is 377 g/mol. The number of hydrogen-bond acceptors (Lipinski definition) is 5. The number of rotatable bonds is 1. The zero-order valence-electron chi connectivity index (χ0n) is 14.0. The van der Waals surface area contributed by atoms with E-state index in [1.54, 1.807) is 0 Å². The van der Waals surface area contributed by atoms with E-state index in [0.29, 0.717) is 41.5 Å². The Kier molecular flexibility index (Phi) is 3.80. The highest BCUT2D eigenvalue weighted by atomic mass is 35.5. The Bertz CT molecular complexity index is 864. The van der Waals surface area contributed by atoms with Crippen LogP contribution in [0.5, 0.6) is 0 Å². The number of nitriles is 1. The molecule has 2 amide bonds. The number of thiophene rings is 1. The molecule has 3 heterocycles. The van der Waals surface area contributed by atoms with Gasteiger partial charge in [0.05, 0.1) is 29.6 Å². The Labute approximate surface area is 154 Å². The van der Waals surface area contributed by atoms with Gasteiger partial charge in [0.1, 0.15) is 11.1 Å². The molecule has 1 aromatic heterocycles. The first-order chi connectivity index (χ1) is 11.8. The number of ether oxygens (including phenoxy) is 1. The summed E-state index contributed by atoms with van der Waals surface area (Å²) in [5.41, 5.74) is 0.989. The van der Waals surface area contributed by atoms with Gasteiger partial charge in [-0.05, 0) is 32.3 Å². The van der Waals surface area contributed by atoms with Crippen LogP contribution in [0, 0.1) is 23.2 Å². The van der Waals surface area contributed by atoms with Crippen LogP contribution >= 0.6 is 22.9 Å². The van der Waals surface area contributed by atoms with E-state index in [1.165, 1.54) is 16.2 Å². The summed E-state index contributed by atoms with van der Waals surface area (Å²) in [7, 11) is 0. The molecule has 7 heteroatoms. The predicted octanol–water partition coefficient (Wildman–Crippen LogP) is 3.49. The molecule has 0 aromatic carbocycles. The summed E-state index contributed by atoms with van der Waals surface area (Å²) in [6.45, 7) is 4.35. The first kappa shape index (κ1) is 16.8. The van der Waals surface area contributed by atoms with Gasteiger partial charge in [0, 0.05) is 16.3 Å². The summed E-state index contributed by atoms with van der Waals surface area (Å²) in [6.07, 6.45) is 3.29. The number of anilines is 1. The van der Waals surface area contributed by atoms with Crippen molar-refractivity contribution in [3.05, 3.63) is 27.1 Å². The van der Waals surface area contributed by atoms with Crippen molar-refractivity contribution < 1.29 is 14.3 Å². The van der Waals surface area contributed by atoms with Crippen molar-refractivity contribution in [3.63, 3.8) is 0 Å². The lowest BCUT2D eigenvalue weighted by Gasteiger charge is -2.29. The van der Waals surface area contributed by atoms with Crippen LogP contribution in [0.4, 0.5) is 5.00 Å². The number of carbonyl (C=O) groups is 2. The molecule has 3 aliphatic rings. The monoisotopic (exact) mass is 376 g/mol. The molecule has 2 atom stereocenters. The summed E-state index contributed by atoms with van der Waals surface area (Å²) in [6, 6.07) is 2.22. The fourth-order valence-corrected chi connectivity index (χ4v) is 5.29. The molecule has 0 bridgehead atoms. The topological polar surface area (TPSA) is 70.4 Å². The van der Waals surface area contributed by atoms with E-state index < -0.39 is 5.92 Å². The zero-order valence-corrected chi connectivity index (χ0v) is 15.5. The molecule has 1 fully saturated rings. The molecular formula is C18H17ClN2O3S. The van der Waals surface area contributed by atoms with Crippen LogP contribution in [0.1, 0.15) is 42.7 Å². The lowest BCUT2D eigenvalue weighted by atomic mass is 9.85. The van der Waals surface area contributed by atoms with Crippen molar-refractivity contribution in [2.24, 2.45) is 11.8 Å². The summed E-state index contributed by atoms with van der Waals surface area (Å²) < 4.78 is 5.82. The van der Waals surface area contributed by atoms with Gasteiger partial charge < -0.3 is 4.74 Å². The molecule has 1 aromatic rings. The highest BCUT2D eigenvalue weighted by Gasteiger charge is 2.50. The number of fused-ring (bicyclic) bond motifs is 2. The number of amides is 2. The second-order valence-electron chi connectivity index (χ2n) is 7.34. The largest absolute Gasteiger partial charge is 0.370 e. The fourth-order valence-electron chi connectivity index (χ4n) is 3.84. The maximum Gasteiger partial charge on any atom is 0.238 e. The van der Waals surface area contributed by atoms with Crippen molar-refractivity contribution in [2.45, 2.75) is 45.3 Å². The van der Waals surface area contributed by atoms with Crippen LogP contribution in [0.25, 0.3) is 0 Å². The Balaban J connectivity index is 1.77. The molecular weight excluding hydrogens is 360 g/mol. The van der Waals surface area contributed by atoms with E-state index in [9.17, 15) is 14.9 Å². The van der Waals surface area contributed by atoms with Gasteiger partial charge in [-0.2, -0.15) is 5.26 Å². The second kappa shape index (κ2) is 5.66. The molecule has 4 rings (SSSR count). The quantitative estimate of drug-likeness (QED) is 0.703. The van der Waals surface area contributed by atoms with Crippen LogP contribution in [0.2, 0.25) is 0 Å². The second-order valence-corrected chi connectivity index (χ2v) is 8.91. The summed E-state index contributed by atoms with van der Waals surface area (Å²) in [4.78, 5) is 27.9. The van der Waals surface area contributed by atoms with Gasteiger partial charge in [-0.15, -0.1) is 11.3 Å². The minimum atomic E-state index is -0.414. The van der Waals surface area contributed by atoms with Gasteiger partial charge in [-0.25, -0.2) is 4.90 Å². The van der Waals surface area contributed by atoms with Gasteiger partial charge in [-0.3, -0.25) is 9.59 Å². The summed E-state index contributed by atoms with van der Waals surface area (Å²) in [5, 5.41) is 10.8. The van der Waals surface area contributed by atoms with Crippen LogP contribution < -0.4 is 4.90 Å². The van der Waals surface area contributed by atoms with E-state index in [2.05, 4.69) is 6.07 Å². The minimum absolute atomic E-state index is 0.217. The van der Waals surface area contributed by atoms with Crippen molar-refractivity contribution in [2.75, 3.05) is 4.90 Å².